The fraction of sp³-hybridized carbons (Fsp3) is 0.333. The van der Waals surface area contributed by atoms with Crippen molar-refractivity contribution >= 4 is 11.9 Å². The third-order valence-corrected chi connectivity index (χ3v) is 4.60. The molecule has 9 nitrogen and oxygen atoms in total. The standard InChI is InChI=1S/C21H22O9/c1-27-19(25)12-7-9-13(10-8-12)20(26)30-18-17(24)16(23)15(11-22)29-21(18)28-14-5-3-2-4-6-14/h2-10,15-18,21-24H,11H2,1H3/t15-,16+,17+,18-,21-/m1/s1. The van der Waals surface area contributed by atoms with Crippen LogP contribution in [0.5, 0.6) is 5.75 Å². The zero-order valence-electron chi connectivity index (χ0n) is 16.1. The molecule has 1 fully saturated rings. The molecule has 0 amide bonds. The van der Waals surface area contributed by atoms with E-state index in [0.29, 0.717) is 5.75 Å². The summed E-state index contributed by atoms with van der Waals surface area (Å²) in [6, 6.07) is 14.0. The lowest BCUT2D eigenvalue weighted by molar-refractivity contribution is -0.276. The van der Waals surface area contributed by atoms with E-state index < -0.39 is 49.3 Å². The van der Waals surface area contributed by atoms with Crippen molar-refractivity contribution in [1.29, 1.82) is 0 Å². The van der Waals surface area contributed by atoms with Gasteiger partial charge < -0.3 is 34.3 Å². The van der Waals surface area contributed by atoms with Crippen molar-refractivity contribution in [2.24, 2.45) is 0 Å². The van der Waals surface area contributed by atoms with Crippen molar-refractivity contribution in [2.75, 3.05) is 13.7 Å². The lowest BCUT2D eigenvalue weighted by Crippen LogP contribution is -2.61. The molecule has 0 aromatic heterocycles. The molecule has 3 rings (SSSR count). The quantitative estimate of drug-likeness (QED) is 0.574. The van der Waals surface area contributed by atoms with Crippen molar-refractivity contribution < 1.29 is 43.9 Å². The van der Waals surface area contributed by atoms with Crippen molar-refractivity contribution in [3.8, 4) is 5.75 Å². The summed E-state index contributed by atoms with van der Waals surface area (Å²) < 4.78 is 21.2. The largest absolute Gasteiger partial charge is 0.465 e. The second-order valence-corrected chi connectivity index (χ2v) is 6.58. The summed E-state index contributed by atoms with van der Waals surface area (Å²) in [5.41, 5.74) is 0.355. The monoisotopic (exact) mass is 418 g/mol. The molecule has 0 aliphatic carbocycles. The molecule has 1 aliphatic rings. The average Bonchev–Trinajstić information content (AvgIpc) is 2.78. The summed E-state index contributed by atoms with van der Waals surface area (Å²) in [6.07, 6.45) is -6.84. The summed E-state index contributed by atoms with van der Waals surface area (Å²) in [6.45, 7) is -0.567. The van der Waals surface area contributed by atoms with E-state index in [1.807, 2.05) is 0 Å². The fourth-order valence-corrected chi connectivity index (χ4v) is 2.96. The number of carbonyl (C=O) groups is 2. The van der Waals surface area contributed by atoms with Gasteiger partial charge in [0.15, 0.2) is 6.10 Å². The molecule has 0 unspecified atom stereocenters. The predicted octanol–water partition coefficient (Wildman–Crippen LogP) is 0.517. The Morgan fingerprint density at radius 2 is 1.53 bits per heavy atom. The second-order valence-electron chi connectivity index (χ2n) is 6.58. The molecule has 1 aliphatic heterocycles. The van der Waals surface area contributed by atoms with Crippen molar-refractivity contribution in [2.45, 2.75) is 30.7 Å². The topological polar surface area (TPSA) is 132 Å². The number of carbonyl (C=O) groups excluding carboxylic acids is 2. The van der Waals surface area contributed by atoms with E-state index in [2.05, 4.69) is 4.74 Å². The highest BCUT2D eigenvalue weighted by atomic mass is 16.7. The lowest BCUT2D eigenvalue weighted by atomic mass is 9.99. The van der Waals surface area contributed by atoms with Crippen LogP contribution in [0.3, 0.4) is 0 Å². The van der Waals surface area contributed by atoms with Gasteiger partial charge in [0.25, 0.3) is 0 Å². The first kappa shape index (κ1) is 21.7. The molecular formula is C21H22O9. The minimum atomic E-state index is -1.57. The number of benzene rings is 2. The van der Waals surface area contributed by atoms with Gasteiger partial charge in [0, 0.05) is 0 Å². The first-order valence-corrected chi connectivity index (χ1v) is 9.18. The summed E-state index contributed by atoms with van der Waals surface area (Å²) in [5.74, 6) is -0.998. The first-order valence-electron chi connectivity index (χ1n) is 9.18. The van der Waals surface area contributed by atoms with Crippen molar-refractivity contribution in [1.82, 2.24) is 0 Å². The number of rotatable bonds is 6. The predicted molar refractivity (Wildman–Crippen MR) is 102 cm³/mol. The zero-order valence-corrected chi connectivity index (χ0v) is 16.1. The molecule has 30 heavy (non-hydrogen) atoms. The Hall–Kier alpha value is -2.98. The summed E-state index contributed by atoms with van der Waals surface area (Å²) in [4.78, 5) is 24.1. The van der Waals surface area contributed by atoms with Crippen LogP contribution in [-0.2, 0) is 14.2 Å². The Balaban J connectivity index is 1.78. The van der Waals surface area contributed by atoms with E-state index in [4.69, 9.17) is 14.2 Å². The van der Waals surface area contributed by atoms with Gasteiger partial charge in [0.1, 0.15) is 24.1 Å². The van der Waals surface area contributed by atoms with Crippen LogP contribution in [0.15, 0.2) is 54.6 Å². The minimum absolute atomic E-state index is 0.104. The Morgan fingerprint density at radius 3 is 2.10 bits per heavy atom. The Morgan fingerprint density at radius 1 is 0.933 bits per heavy atom. The van der Waals surface area contributed by atoms with E-state index in [-0.39, 0.29) is 11.1 Å². The minimum Gasteiger partial charge on any atom is -0.465 e. The SMILES string of the molecule is COC(=O)c1ccc(C(=O)O[C@H]2[C@H](Oc3ccccc3)O[C@H](CO)[C@H](O)[C@@H]2O)cc1. The van der Waals surface area contributed by atoms with E-state index in [1.165, 1.54) is 31.4 Å². The maximum Gasteiger partial charge on any atom is 0.338 e. The number of ether oxygens (including phenoxy) is 4. The maximum atomic E-state index is 12.6. The van der Waals surface area contributed by atoms with Crippen LogP contribution in [0, 0.1) is 0 Å². The van der Waals surface area contributed by atoms with Crippen LogP contribution < -0.4 is 4.74 Å². The Labute approximate surface area is 172 Å². The van der Waals surface area contributed by atoms with Gasteiger partial charge in [-0.2, -0.15) is 0 Å². The number of methoxy groups -OCH3 is 1. The Kier molecular flexibility index (Phi) is 7.01. The number of aliphatic hydroxyl groups is 3. The third-order valence-electron chi connectivity index (χ3n) is 4.60. The molecule has 0 radical (unpaired) electrons. The van der Waals surface area contributed by atoms with Crippen molar-refractivity contribution in [3.63, 3.8) is 0 Å². The normalized spacial score (nSPS) is 25.9. The van der Waals surface area contributed by atoms with Crippen LogP contribution in [0.2, 0.25) is 0 Å². The molecule has 1 saturated heterocycles. The fourth-order valence-electron chi connectivity index (χ4n) is 2.96. The summed E-state index contributed by atoms with van der Waals surface area (Å²) in [7, 11) is 1.24. The molecule has 9 heteroatoms. The van der Waals surface area contributed by atoms with Crippen LogP contribution in [0.4, 0.5) is 0 Å². The highest BCUT2D eigenvalue weighted by Crippen LogP contribution is 2.27. The smallest absolute Gasteiger partial charge is 0.338 e. The number of para-hydroxylation sites is 1. The summed E-state index contributed by atoms with van der Waals surface area (Å²) in [5, 5.41) is 30.0. The van der Waals surface area contributed by atoms with Gasteiger partial charge in [0.2, 0.25) is 6.29 Å². The van der Waals surface area contributed by atoms with E-state index in [1.54, 1.807) is 30.3 Å². The molecule has 0 saturated carbocycles. The van der Waals surface area contributed by atoms with Gasteiger partial charge in [-0.1, -0.05) is 18.2 Å². The van der Waals surface area contributed by atoms with E-state index in [9.17, 15) is 24.9 Å². The second kappa shape index (κ2) is 9.68. The number of esters is 2. The molecule has 2 aromatic rings. The lowest BCUT2D eigenvalue weighted by Gasteiger charge is -2.41. The number of hydrogen-bond acceptors (Lipinski definition) is 9. The van der Waals surface area contributed by atoms with Crippen LogP contribution in [-0.4, -0.2) is 71.7 Å². The zero-order chi connectivity index (χ0) is 21.7. The van der Waals surface area contributed by atoms with E-state index in [0.717, 1.165) is 0 Å². The van der Waals surface area contributed by atoms with Crippen molar-refractivity contribution in [3.05, 3.63) is 65.7 Å². The maximum absolute atomic E-state index is 12.6. The highest BCUT2D eigenvalue weighted by molar-refractivity contribution is 5.93. The van der Waals surface area contributed by atoms with Crippen LogP contribution in [0.25, 0.3) is 0 Å². The summed E-state index contributed by atoms with van der Waals surface area (Å²) >= 11 is 0. The highest BCUT2D eigenvalue weighted by Gasteiger charge is 2.48. The van der Waals surface area contributed by atoms with Gasteiger partial charge >= 0.3 is 11.9 Å². The Bertz CT molecular complexity index is 853. The molecule has 160 valence electrons. The molecule has 3 N–H and O–H groups in total. The molecule has 0 bridgehead atoms. The number of hydrogen-bond donors (Lipinski definition) is 3. The molecule has 5 atom stereocenters. The average molecular weight is 418 g/mol. The van der Waals surface area contributed by atoms with Crippen LogP contribution in [0.1, 0.15) is 20.7 Å². The van der Waals surface area contributed by atoms with Gasteiger partial charge in [-0.15, -0.1) is 0 Å². The molecular weight excluding hydrogens is 396 g/mol. The van der Waals surface area contributed by atoms with Gasteiger partial charge in [-0.3, -0.25) is 0 Å². The molecule has 0 spiro atoms. The third kappa shape index (κ3) is 4.77. The molecule has 2 aromatic carbocycles. The van der Waals surface area contributed by atoms with Crippen LogP contribution >= 0.6 is 0 Å². The van der Waals surface area contributed by atoms with E-state index >= 15 is 0 Å². The first-order chi connectivity index (χ1) is 14.4. The van der Waals surface area contributed by atoms with Gasteiger partial charge in [0.05, 0.1) is 24.8 Å². The van der Waals surface area contributed by atoms with Gasteiger partial charge in [-0.05, 0) is 36.4 Å². The number of aliphatic hydroxyl groups excluding tert-OH is 3. The molecule has 1 heterocycles. The van der Waals surface area contributed by atoms with Gasteiger partial charge in [-0.25, -0.2) is 9.59 Å².